The van der Waals surface area contributed by atoms with Crippen molar-refractivity contribution in [2.75, 3.05) is 20.3 Å². The van der Waals surface area contributed by atoms with Gasteiger partial charge in [-0.1, -0.05) is 12.1 Å². The molecule has 0 bridgehead atoms. The molecule has 1 aromatic rings. The SMILES string of the molecule is COc1cccc([C@H](C)NC[C@@H]2CCCO2)c1. The standard InChI is InChI=1S/C14H21NO2/c1-11(15-10-14-7-4-8-17-14)12-5-3-6-13(9-12)16-2/h3,5-6,9,11,14-15H,4,7-8,10H2,1-2H3/t11-,14-/m0/s1. The Balaban J connectivity index is 1.87. The molecule has 0 saturated carbocycles. The van der Waals surface area contributed by atoms with Gasteiger partial charge in [0.1, 0.15) is 5.75 Å². The van der Waals surface area contributed by atoms with Crippen molar-refractivity contribution >= 4 is 0 Å². The smallest absolute Gasteiger partial charge is 0.119 e. The lowest BCUT2D eigenvalue weighted by Crippen LogP contribution is -2.28. The lowest BCUT2D eigenvalue weighted by Gasteiger charge is -2.17. The molecule has 0 spiro atoms. The molecule has 1 fully saturated rings. The minimum Gasteiger partial charge on any atom is -0.497 e. The Bertz CT molecular complexity index is 348. The topological polar surface area (TPSA) is 30.5 Å². The van der Waals surface area contributed by atoms with Gasteiger partial charge < -0.3 is 14.8 Å². The summed E-state index contributed by atoms with van der Waals surface area (Å²) >= 11 is 0. The molecular formula is C14H21NO2. The maximum atomic E-state index is 5.60. The lowest BCUT2D eigenvalue weighted by molar-refractivity contribution is 0.108. The zero-order valence-corrected chi connectivity index (χ0v) is 10.6. The van der Waals surface area contributed by atoms with Gasteiger partial charge in [-0.15, -0.1) is 0 Å². The number of nitrogens with one attached hydrogen (secondary N) is 1. The summed E-state index contributed by atoms with van der Waals surface area (Å²) in [6.45, 7) is 4.02. The predicted octanol–water partition coefficient (Wildman–Crippen LogP) is 2.52. The molecule has 1 aromatic carbocycles. The highest BCUT2D eigenvalue weighted by atomic mass is 16.5. The van der Waals surface area contributed by atoms with Gasteiger partial charge in [-0.25, -0.2) is 0 Å². The quantitative estimate of drug-likeness (QED) is 0.850. The lowest BCUT2D eigenvalue weighted by atomic mass is 10.1. The van der Waals surface area contributed by atoms with E-state index >= 15 is 0 Å². The average molecular weight is 235 g/mol. The van der Waals surface area contributed by atoms with E-state index in [-0.39, 0.29) is 0 Å². The van der Waals surface area contributed by atoms with Crippen molar-refractivity contribution in [1.29, 1.82) is 0 Å². The summed E-state index contributed by atoms with van der Waals surface area (Å²) in [4.78, 5) is 0. The van der Waals surface area contributed by atoms with Gasteiger partial charge in [0.05, 0.1) is 13.2 Å². The molecule has 1 heterocycles. The molecule has 0 aromatic heterocycles. The van der Waals surface area contributed by atoms with Crippen LogP contribution in [0.5, 0.6) is 5.75 Å². The minimum absolute atomic E-state index is 0.328. The van der Waals surface area contributed by atoms with Crippen LogP contribution in [0, 0.1) is 0 Å². The molecule has 3 heteroatoms. The van der Waals surface area contributed by atoms with E-state index < -0.39 is 0 Å². The summed E-state index contributed by atoms with van der Waals surface area (Å²) < 4.78 is 10.8. The van der Waals surface area contributed by atoms with Crippen LogP contribution >= 0.6 is 0 Å². The van der Waals surface area contributed by atoms with Crippen molar-refractivity contribution in [3.05, 3.63) is 29.8 Å². The van der Waals surface area contributed by atoms with Gasteiger partial charge in [-0.3, -0.25) is 0 Å². The molecule has 94 valence electrons. The third kappa shape index (κ3) is 3.45. The molecule has 2 rings (SSSR count). The molecule has 3 nitrogen and oxygen atoms in total. The molecular weight excluding hydrogens is 214 g/mol. The van der Waals surface area contributed by atoms with Crippen LogP contribution in [0.25, 0.3) is 0 Å². The van der Waals surface area contributed by atoms with Crippen LogP contribution in [-0.4, -0.2) is 26.4 Å². The van der Waals surface area contributed by atoms with Gasteiger partial charge in [-0.2, -0.15) is 0 Å². The van der Waals surface area contributed by atoms with Crippen molar-refractivity contribution < 1.29 is 9.47 Å². The van der Waals surface area contributed by atoms with Crippen molar-refractivity contribution in [3.8, 4) is 5.75 Å². The van der Waals surface area contributed by atoms with E-state index in [0.29, 0.717) is 12.1 Å². The molecule has 1 aliphatic rings. The number of benzene rings is 1. The molecule has 17 heavy (non-hydrogen) atoms. The summed E-state index contributed by atoms with van der Waals surface area (Å²) in [7, 11) is 1.70. The normalized spacial score (nSPS) is 21.4. The number of ether oxygens (including phenoxy) is 2. The summed E-state index contributed by atoms with van der Waals surface area (Å²) in [6.07, 6.45) is 2.76. The summed E-state index contributed by atoms with van der Waals surface area (Å²) in [5, 5.41) is 3.51. The number of methoxy groups -OCH3 is 1. The Morgan fingerprint density at radius 2 is 2.41 bits per heavy atom. The third-order valence-corrected chi connectivity index (χ3v) is 3.27. The van der Waals surface area contributed by atoms with Crippen LogP contribution in [0.1, 0.15) is 31.4 Å². The van der Waals surface area contributed by atoms with E-state index in [1.807, 2.05) is 12.1 Å². The number of hydrogen-bond donors (Lipinski definition) is 1. The molecule has 1 aliphatic heterocycles. The van der Waals surface area contributed by atoms with Gasteiger partial charge in [0, 0.05) is 19.2 Å². The summed E-state index contributed by atoms with van der Waals surface area (Å²) in [5.74, 6) is 0.910. The van der Waals surface area contributed by atoms with E-state index in [4.69, 9.17) is 9.47 Å². The summed E-state index contributed by atoms with van der Waals surface area (Å²) in [6, 6.07) is 8.52. The van der Waals surface area contributed by atoms with E-state index in [2.05, 4.69) is 24.4 Å². The van der Waals surface area contributed by atoms with Crippen molar-refractivity contribution in [1.82, 2.24) is 5.32 Å². The fourth-order valence-corrected chi connectivity index (χ4v) is 2.14. The van der Waals surface area contributed by atoms with Crippen LogP contribution in [-0.2, 0) is 4.74 Å². The first-order valence-electron chi connectivity index (χ1n) is 6.28. The molecule has 0 aliphatic carbocycles. The fraction of sp³-hybridized carbons (Fsp3) is 0.571. The van der Waals surface area contributed by atoms with Gasteiger partial charge in [0.2, 0.25) is 0 Å². The van der Waals surface area contributed by atoms with Crippen LogP contribution in [0.15, 0.2) is 24.3 Å². The second-order valence-corrected chi connectivity index (χ2v) is 4.54. The second kappa shape index (κ2) is 6.03. The van der Waals surface area contributed by atoms with Crippen LogP contribution in [0.4, 0.5) is 0 Å². The van der Waals surface area contributed by atoms with E-state index in [1.54, 1.807) is 7.11 Å². The Labute approximate surface area is 103 Å². The maximum Gasteiger partial charge on any atom is 0.119 e. The Morgan fingerprint density at radius 3 is 3.12 bits per heavy atom. The van der Waals surface area contributed by atoms with Crippen molar-refractivity contribution in [2.24, 2.45) is 0 Å². The average Bonchev–Trinajstić information content (AvgIpc) is 2.89. The zero-order chi connectivity index (χ0) is 12.1. The molecule has 2 atom stereocenters. The molecule has 0 radical (unpaired) electrons. The molecule has 0 unspecified atom stereocenters. The van der Waals surface area contributed by atoms with E-state index in [9.17, 15) is 0 Å². The highest BCUT2D eigenvalue weighted by Gasteiger charge is 2.16. The van der Waals surface area contributed by atoms with Crippen molar-refractivity contribution in [2.45, 2.75) is 31.9 Å². The summed E-state index contributed by atoms with van der Waals surface area (Å²) in [5.41, 5.74) is 1.25. The van der Waals surface area contributed by atoms with Crippen LogP contribution < -0.4 is 10.1 Å². The predicted molar refractivity (Wildman–Crippen MR) is 68.4 cm³/mol. The Kier molecular flexibility index (Phi) is 4.40. The van der Waals surface area contributed by atoms with Gasteiger partial charge in [0.15, 0.2) is 0 Å². The molecule has 0 amide bonds. The van der Waals surface area contributed by atoms with Crippen LogP contribution in [0.3, 0.4) is 0 Å². The Hall–Kier alpha value is -1.06. The molecule has 1 N–H and O–H groups in total. The van der Waals surface area contributed by atoms with Crippen molar-refractivity contribution in [3.63, 3.8) is 0 Å². The zero-order valence-electron chi connectivity index (χ0n) is 10.6. The largest absolute Gasteiger partial charge is 0.497 e. The van der Waals surface area contributed by atoms with Crippen LogP contribution in [0.2, 0.25) is 0 Å². The fourth-order valence-electron chi connectivity index (χ4n) is 2.14. The second-order valence-electron chi connectivity index (χ2n) is 4.54. The Morgan fingerprint density at radius 1 is 1.53 bits per heavy atom. The molecule has 1 saturated heterocycles. The monoisotopic (exact) mass is 235 g/mol. The van der Waals surface area contributed by atoms with Gasteiger partial charge in [-0.05, 0) is 37.5 Å². The third-order valence-electron chi connectivity index (χ3n) is 3.27. The van der Waals surface area contributed by atoms with Gasteiger partial charge >= 0.3 is 0 Å². The maximum absolute atomic E-state index is 5.60. The van der Waals surface area contributed by atoms with E-state index in [0.717, 1.165) is 18.9 Å². The highest BCUT2D eigenvalue weighted by Crippen LogP contribution is 2.19. The minimum atomic E-state index is 0.328. The number of hydrogen-bond acceptors (Lipinski definition) is 3. The van der Waals surface area contributed by atoms with E-state index in [1.165, 1.54) is 18.4 Å². The first kappa shape index (κ1) is 12.4. The van der Waals surface area contributed by atoms with Gasteiger partial charge in [0.25, 0.3) is 0 Å². The first-order chi connectivity index (χ1) is 8.29. The first-order valence-corrected chi connectivity index (χ1v) is 6.28. The number of rotatable bonds is 5. The highest BCUT2D eigenvalue weighted by molar-refractivity contribution is 5.30.